The first-order valence-corrected chi connectivity index (χ1v) is 15.1. The molecule has 1 atom stereocenters. The monoisotopic (exact) mass is 612 g/mol. The van der Waals surface area contributed by atoms with Crippen LogP contribution in [-0.2, 0) is 61.6 Å². The van der Waals surface area contributed by atoms with Crippen molar-refractivity contribution < 1.29 is 61.6 Å². The van der Waals surface area contributed by atoms with E-state index in [1.54, 1.807) is 0 Å². The highest BCUT2D eigenvalue weighted by atomic mass is 16.7. The van der Waals surface area contributed by atoms with Crippen LogP contribution in [0.1, 0.15) is 40.0 Å². The Balaban J connectivity index is 1.64. The minimum atomic E-state index is -0.508. The Morgan fingerprint density at radius 1 is 0.548 bits per heavy atom. The summed E-state index contributed by atoms with van der Waals surface area (Å²) in [5, 5.41) is 0. The third-order valence-corrected chi connectivity index (χ3v) is 5.29. The van der Waals surface area contributed by atoms with E-state index in [4.69, 9.17) is 56.8 Å². The van der Waals surface area contributed by atoms with Gasteiger partial charge in [-0.2, -0.15) is 0 Å². The minimum Gasteiger partial charge on any atom is -0.458 e. The third kappa shape index (κ3) is 29.1. The summed E-state index contributed by atoms with van der Waals surface area (Å²) < 4.78 is 65.1. The summed E-state index contributed by atoms with van der Waals surface area (Å²) in [6.45, 7) is 14.9. The van der Waals surface area contributed by atoms with Gasteiger partial charge in [-0.15, -0.1) is 0 Å². The first kappa shape index (κ1) is 39.1. The summed E-state index contributed by atoms with van der Waals surface area (Å²) in [6, 6.07) is 0. The predicted octanol–water partition coefficient (Wildman–Crippen LogP) is 2.02. The summed E-state index contributed by atoms with van der Waals surface area (Å²) in [6.07, 6.45) is 3.18. The molecule has 1 saturated heterocycles. The summed E-state index contributed by atoms with van der Waals surface area (Å²) in [4.78, 5) is 11.5. The zero-order chi connectivity index (χ0) is 30.4. The lowest BCUT2D eigenvalue weighted by atomic mass is 10.2. The van der Waals surface area contributed by atoms with Gasteiger partial charge in [-0.3, -0.25) is 0 Å². The standard InChI is InChI=1S/C29H56O13/c1-29(2,3)42-27(30)26-39-23-22-37-19-18-35-15-14-33-11-10-31-8-9-32-12-13-34-16-17-36-20-21-38-24-25-41-28-6-4-5-7-40-28/h28H,4-26H2,1-3H3. The van der Waals surface area contributed by atoms with E-state index in [0.717, 1.165) is 25.9 Å². The molecule has 0 saturated carbocycles. The Labute approximate surface area is 251 Å². The summed E-state index contributed by atoms with van der Waals surface area (Å²) in [7, 11) is 0. The van der Waals surface area contributed by atoms with Crippen LogP contribution in [0.4, 0.5) is 0 Å². The van der Waals surface area contributed by atoms with E-state index in [9.17, 15) is 4.79 Å². The molecule has 0 spiro atoms. The highest BCUT2D eigenvalue weighted by Crippen LogP contribution is 2.13. The first-order valence-electron chi connectivity index (χ1n) is 15.1. The fraction of sp³-hybridized carbons (Fsp3) is 0.966. The molecule has 0 aromatic heterocycles. The average molecular weight is 613 g/mol. The zero-order valence-corrected chi connectivity index (χ0v) is 26.1. The van der Waals surface area contributed by atoms with Gasteiger partial charge in [0.15, 0.2) is 6.29 Å². The summed E-state index contributed by atoms with van der Waals surface area (Å²) in [5.74, 6) is -0.384. The Morgan fingerprint density at radius 2 is 0.905 bits per heavy atom. The quantitative estimate of drug-likeness (QED) is 0.0868. The van der Waals surface area contributed by atoms with Crippen molar-refractivity contribution in [2.45, 2.75) is 51.9 Å². The molecule has 1 aliphatic heterocycles. The average Bonchev–Trinajstić information content (AvgIpc) is 2.96. The molecule has 0 aromatic carbocycles. The van der Waals surface area contributed by atoms with Crippen molar-refractivity contribution in [2.24, 2.45) is 0 Å². The predicted molar refractivity (Wildman–Crippen MR) is 153 cm³/mol. The van der Waals surface area contributed by atoms with Crippen molar-refractivity contribution in [2.75, 3.05) is 132 Å². The van der Waals surface area contributed by atoms with Crippen molar-refractivity contribution in [1.82, 2.24) is 0 Å². The third-order valence-electron chi connectivity index (χ3n) is 5.29. The molecule has 13 heteroatoms. The van der Waals surface area contributed by atoms with E-state index >= 15 is 0 Å². The zero-order valence-electron chi connectivity index (χ0n) is 26.1. The maximum absolute atomic E-state index is 11.5. The topological polar surface area (TPSA) is 128 Å². The number of ether oxygens (including phenoxy) is 12. The molecule has 1 heterocycles. The van der Waals surface area contributed by atoms with Crippen molar-refractivity contribution in [3.63, 3.8) is 0 Å². The largest absolute Gasteiger partial charge is 0.458 e. The molecule has 0 bridgehead atoms. The van der Waals surface area contributed by atoms with Gasteiger partial charge in [0.1, 0.15) is 12.2 Å². The number of rotatable bonds is 30. The van der Waals surface area contributed by atoms with Crippen LogP contribution in [0.3, 0.4) is 0 Å². The van der Waals surface area contributed by atoms with Gasteiger partial charge in [-0.1, -0.05) is 0 Å². The molecule has 0 aliphatic carbocycles. The van der Waals surface area contributed by atoms with Gasteiger partial charge in [-0.05, 0) is 40.0 Å². The van der Waals surface area contributed by atoms with Crippen molar-refractivity contribution in [3.05, 3.63) is 0 Å². The molecule has 1 aliphatic rings. The Morgan fingerprint density at radius 3 is 1.24 bits per heavy atom. The molecule has 42 heavy (non-hydrogen) atoms. The van der Waals surface area contributed by atoms with Crippen LogP contribution < -0.4 is 0 Å². The summed E-state index contributed by atoms with van der Waals surface area (Å²) in [5.41, 5.74) is -0.508. The molecule has 0 N–H and O–H groups in total. The molecule has 1 fully saturated rings. The normalized spacial score (nSPS) is 15.7. The lowest BCUT2D eigenvalue weighted by Crippen LogP contribution is -2.27. The van der Waals surface area contributed by atoms with Gasteiger partial charge in [-0.25, -0.2) is 4.79 Å². The Hall–Kier alpha value is -0.970. The van der Waals surface area contributed by atoms with Crippen molar-refractivity contribution in [3.8, 4) is 0 Å². The second kappa shape index (κ2) is 28.8. The van der Waals surface area contributed by atoms with E-state index in [-0.39, 0.29) is 18.9 Å². The van der Waals surface area contributed by atoms with Crippen LogP contribution >= 0.6 is 0 Å². The second-order valence-corrected chi connectivity index (χ2v) is 10.2. The molecule has 0 amide bonds. The van der Waals surface area contributed by atoms with Crippen LogP contribution in [0.2, 0.25) is 0 Å². The van der Waals surface area contributed by atoms with Gasteiger partial charge < -0.3 is 56.8 Å². The van der Waals surface area contributed by atoms with E-state index in [1.807, 2.05) is 20.8 Å². The van der Waals surface area contributed by atoms with E-state index in [2.05, 4.69) is 0 Å². The number of hydrogen-bond acceptors (Lipinski definition) is 13. The van der Waals surface area contributed by atoms with Crippen molar-refractivity contribution in [1.29, 1.82) is 0 Å². The van der Waals surface area contributed by atoms with Gasteiger partial charge in [0, 0.05) is 6.61 Å². The summed E-state index contributed by atoms with van der Waals surface area (Å²) >= 11 is 0. The fourth-order valence-electron chi connectivity index (χ4n) is 3.37. The molecule has 1 rings (SSSR count). The van der Waals surface area contributed by atoms with Crippen LogP contribution in [-0.4, -0.2) is 150 Å². The first-order chi connectivity index (χ1) is 20.5. The van der Waals surface area contributed by atoms with Crippen LogP contribution in [0.5, 0.6) is 0 Å². The molecule has 0 aromatic rings. The second-order valence-electron chi connectivity index (χ2n) is 10.2. The van der Waals surface area contributed by atoms with E-state index in [1.165, 1.54) is 0 Å². The number of carbonyl (C=O) groups excluding carboxylic acids is 1. The SMILES string of the molecule is CC(C)(C)OC(=O)COCCOCCOCCOCCOCCOCCOCCOCCOCCOC1CCCCO1. The molecule has 1 unspecified atom stereocenters. The lowest BCUT2D eigenvalue weighted by Gasteiger charge is -2.22. The lowest BCUT2D eigenvalue weighted by molar-refractivity contribution is -0.169. The minimum absolute atomic E-state index is 0.0681. The number of hydrogen-bond donors (Lipinski definition) is 0. The fourth-order valence-corrected chi connectivity index (χ4v) is 3.37. The molecular formula is C29H56O13. The van der Waals surface area contributed by atoms with E-state index < -0.39 is 5.60 Å². The van der Waals surface area contributed by atoms with Gasteiger partial charge in [0.25, 0.3) is 0 Å². The Bertz CT molecular complexity index is 582. The smallest absolute Gasteiger partial charge is 0.332 e. The number of carbonyl (C=O) groups is 1. The van der Waals surface area contributed by atoms with Gasteiger partial charge >= 0.3 is 5.97 Å². The maximum atomic E-state index is 11.5. The molecule has 250 valence electrons. The highest BCUT2D eigenvalue weighted by molar-refractivity contribution is 5.71. The molecular weight excluding hydrogens is 556 g/mol. The van der Waals surface area contributed by atoms with Crippen LogP contribution in [0.15, 0.2) is 0 Å². The van der Waals surface area contributed by atoms with Crippen LogP contribution in [0.25, 0.3) is 0 Å². The Kier molecular flexibility index (Phi) is 26.8. The van der Waals surface area contributed by atoms with Crippen molar-refractivity contribution >= 4 is 5.97 Å². The maximum Gasteiger partial charge on any atom is 0.332 e. The van der Waals surface area contributed by atoms with E-state index in [0.29, 0.717) is 119 Å². The number of esters is 1. The molecule has 13 nitrogen and oxygen atoms in total. The van der Waals surface area contributed by atoms with Gasteiger partial charge in [0.2, 0.25) is 0 Å². The van der Waals surface area contributed by atoms with Gasteiger partial charge in [0.05, 0.1) is 119 Å². The molecule has 0 radical (unpaired) electrons. The van der Waals surface area contributed by atoms with Crippen LogP contribution in [0, 0.1) is 0 Å². The highest BCUT2D eigenvalue weighted by Gasteiger charge is 2.16.